The fraction of sp³-hybridized carbons (Fsp3) is 0.0833. The first kappa shape index (κ1) is 22.7. The molecule has 0 bridgehead atoms. The molecule has 0 radical (unpaired) electrons. The lowest BCUT2D eigenvalue weighted by Crippen LogP contribution is -2.24. The summed E-state index contributed by atoms with van der Waals surface area (Å²) in [6, 6.07) is 15.6. The van der Waals surface area contributed by atoms with Crippen LogP contribution in [-0.4, -0.2) is 30.8 Å². The van der Waals surface area contributed by atoms with Crippen LogP contribution in [-0.2, 0) is 11.3 Å². The predicted octanol–water partition coefficient (Wildman–Crippen LogP) is 4.24. The molecule has 11 heteroatoms. The number of amides is 1. The van der Waals surface area contributed by atoms with Crippen molar-refractivity contribution in [1.29, 1.82) is 0 Å². The molecule has 0 aliphatic rings. The van der Waals surface area contributed by atoms with Crippen molar-refractivity contribution in [3.63, 3.8) is 0 Å². The Balaban J connectivity index is 1.48. The fourth-order valence-corrected chi connectivity index (χ4v) is 4.39. The SMILES string of the molecule is O=C(CSc1nnc2n(Cc3ccc(F)cc3)c(=O)c3ccccc3n12)Nc1ccc(F)cc1F. The van der Waals surface area contributed by atoms with Crippen LogP contribution < -0.4 is 10.9 Å². The average Bonchev–Trinajstić information content (AvgIpc) is 3.27. The largest absolute Gasteiger partial charge is 0.323 e. The summed E-state index contributed by atoms with van der Waals surface area (Å²) in [5.74, 6) is -2.42. The van der Waals surface area contributed by atoms with E-state index in [9.17, 15) is 22.8 Å². The molecule has 0 spiro atoms. The van der Waals surface area contributed by atoms with Crippen LogP contribution in [0.5, 0.6) is 0 Å². The molecule has 35 heavy (non-hydrogen) atoms. The van der Waals surface area contributed by atoms with Gasteiger partial charge < -0.3 is 5.32 Å². The molecule has 0 saturated heterocycles. The van der Waals surface area contributed by atoms with E-state index in [1.165, 1.54) is 16.7 Å². The molecule has 3 aromatic carbocycles. The van der Waals surface area contributed by atoms with E-state index in [2.05, 4.69) is 15.5 Å². The van der Waals surface area contributed by atoms with Gasteiger partial charge in [0.05, 0.1) is 28.9 Å². The summed E-state index contributed by atoms with van der Waals surface area (Å²) >= 11 is 1.05. The molecule has 1 N–H and O–H groups in total. The van der Waals surface area contributed by atoms with Crippen LogP contribution in [0.25, 0.3) is 16.7 Å². The molecule has 0 atom stereocenters. The number of benzene rings is 3. The maximum Gasteiger partial charge on any atom is 0.263 e. The van der Waals surface area contributed by atoms with Crippen molar-refractivity contribution >= 4 is 40.0 Å². The van der Waals surface area contributed by atoms with E-state index in [1.54, 1.807) is 40.8 Å². The number of anilines is 1. The summed E-state index contributed by atoms with van der Waals surface area (Å²) in [6.45, 7) is 0.139. The molecule has 0 aliphatic carbocycles. The Hall–Kier alpha value is -4.12. The van der Waals surface area contributed by atoms with Gasteiger partial charge in [-0.05, 0) is 42.0 Å². The first-order chi connectivity index (χ1) is 16.9. The molecular weight excluding hydrogens is 479 g/mol. The highest BCUT2D eigenvalue weighted by Crippen LogP contribution is 2.23. The number of carbonyl (C=O) groups excluding carboxylic acids is 1. The maximum atomic E-state index is 13.8. The Kier molecular flexibility index (Phi) is 6.00. The second kappa shape index (κ2) is 9.26. The van der Waals surface area contributed by atoms with Crippen molar-refractivity contribution in [3.05, 3.63) is 100 Å². The smallest absolute Gasteiger partial charge is 0.263 e. The lowest BCUT2D eigenvalue weighted by molar-refractivity contribution is -0.113. The second-order valence-electron chi connectivity index (χ2n) is 7.61. The molecule has 2 heterocycles. The van der Waals surface area contributed by atoms with Gasteiger partial charge in [-0.15, -0.1) is 10.2 Å². The van der Waals surface area contributed by atoms with Crippen LogP contribution in [0.4, 0.5) is 18.9 Å². The summed E-state index contributed by atoms with van der Waals surface area (Å²) in [5.41, 5.74) is 0.830. The molecule has 5 rings (SSSR count). The van der Waals surface area contributed by atoms with E-state index in [1.807, 2.05) is 0 Å². The van der Waals surface area contributed by atoms with Gasteiger partial charge in [0, 0.05) is 6.07 Å². The number of carbonyl (C=O) groups is 1. The first-order valence-electron chi connectivity index (χ1n) is 10.4. The molecule has 0 unspecified atom stereocenters. The van der Waals surface area contributed by atoms with Crippen LogP contribution in [0.2, 0.25) is 0 Å². The van der Waals surface area contributed by atoms with Gasteiger partial charge in [0.25, 0.3) is 5.56 Å². The number of hydrogen-bond donors (Lipinski definition) is 1. The Labute approximate surface area is 200 Å². The monoisotopic (exact) mass is 495 g/mol. The van der Waals surface area contributed by atoms with E-state index in [4.69, 9.17) is 0 Å². The third kappa shape index (κ3) is 4.50. The second-order valence-corrected chi connectivity index (χ2v) is 8.56. The zero-order valence-electron chi connectivity index (χ0n) is 17.9. The third-order valence-electron chi connectivity index (χ3n) is 5.27. The normalized spacial score (nSPS) is 11.3. The van der Waals surface area contributed by atoms with Gasteiger partial charge in [0.15, 0.2) is 5.16 Å². The summed E-state index contributed by atoms with van der Waals surface area (Å²) in [4.78, 5) is 25.6. The van der Waals surface area contributed by atoms with Crippen molar-refractivity contribution in [3.8, 4) is 0 Å². The van der Waals surface area contributed by atoms with Gasteiger partial charge in [-0.2, -0.15) is 0 Å². The van der Waals surface area contributed by atoms with Crippen molar-refractivity contribution in [2.24, 2.45) is 0 Å². The summed E-state index contributed by atoms with van der Waals surface area (Å²) < 4.78 is 43.4. The van der Waals surface area contributed by atoms with E-state index < -0.39 is 17.5 Å². The average molecular weight is 495 g/mol. The van der Waals surface area contributed by atoms with E-state index in [0.29, 0.717) is 27.7 Å². The lowest BCUT2D eigenvalue weighted by atomic mass is 10.2. The van der Waals surface area contributed by atoms with Crippen molar-refractivity contribution in [1.82, 2.24) is 19.2 Å². The standard InChI is InChI=1S/C24H16F3N5O2S/c25-15-7-5-14(6-8-15)12-31-22(34)17-3-1-2-4-20(17)32-23(31)29-30-24(32)35-13-21(33)28-19-10-9-16(26)11-18(19)27/h1-11H,12-13H2,(H,28,33). The summed E-state index contributed by atoms with van der Waals surface area (Å²) in [7, 11) is 0. The number of fused-ring (bicyclic) bond motifs is 3. The highest BCUT2D eigenvalue weighted by molar-refractivity contribution is 7.99. The quantitative estimate of drug-likeness (QED) is 0.357. The van der Waals surface area contributed by atoms with Gasteiger partial charge in [-0.3, -0.25) is 18.6 Å². The van der Waals surface area contributed by atoms with Crippen LogP contribution in [0.15, 0.2) is 76.7 Å². The molecule has 0 saturated carbocycles. The molecule has 2 aromatic heterocycles. The number of halogens is 3. The molecule has 176 valence electrons. The van der Waals surface area contributed by atoms with Crippen molar-refractivity contribution in [2.75, 3.05) is 11.1 Å². The highest BCUT2D eigenvalue weighted by Gasteiger charge is 2.18. The van der Waals surface area contributed by atoms with Crippen LogP contribution in [0.1, 0.15) is 5.56 Å². The number of nitrogens with one attached hydrogen (secondary N) is 1. The maximum absolute atomic E-state index is 13.8. The number of aromatic nitrogens is 4. The number of para-hydroxylation sites is 1. The van der Waals surface area contributed by atoms with Crippen LogP contribution in [0.3, 0.4) is 0 Å². The minimum absolute atomic E-state index is 0.136. The Morgan fingerprint density at radius 2 is 1.69 bits per heavy atom. The molecule has 0 fully saturated rings. The lowest BCUT2D eigenvalue weighted by Gasteiger charge is -2.11. The fourth-order valence-electron chi connectivity index (χ4n) is 3.65. The van der Waals surface area contributed by atoms with Gasteiger partial charge in [0.2, 0.25) is 11.7 Å². The van der Waals surface area contributed by atoms with E-state index in [-0.39, 0.29) is 35.1 Å². The highest BCUT2D eigenvalue weighted by atomic mass is 32.2. The van der Waals surface area contributed by atoms with Gasteiger partial charge in [-0.25, -0.2) is 13.2 Å². The van der Waals surface area contributed by atoms with Gasteiger partial charge in [0.1, 0.15) is 17.5 Å². The van der Waals surface area contributed by atoms with Crippen LogP contribution in [0, 0.1) is 17.5 Å². The molecular formula is C24H16F3N5O2S. The van der Waals surface area contributed by atoms with Crippen molar-refractivity contribution in [2.45, 2.75) is 11.7 Å². The molecule has 7 nitrogen and oxygen atoms in total. The number of hydrogen-bond acceptors (Lipinski definition) is 5. The van der Waals surface area contributed by atoms with E-state index >= 15 is 0 Å². The predicted molar refractivity (Wildman–Crippen MR) is 126 cm³/mol. The molecule has 0 aliphatic heterocycles. The van der Waals surface area contributed by atoms with E-state index in [0.717, 1.165) is 23.9 Å². The number of rotatable bonds is 6. The Morgan fingerprint density at radius 3 is 2.46 bits per heavy atom. The number of thioether (sulfide) groups is 1. The van der Waals surface area contributed by atoms with Gasteiger partial charge >= 0.3 is 0 Å². The Bertz CT molecular complexity index is 1630. The summed E-state index contributed by atoms with van der Waals surface area (Å²) in [5, 5.41) is 11.5. The minimum atomic E-state index is -0.882. The third-order valence-corrected chi connectivity index (χ3v) is 6.20. The zero-order chi connectivity index (χ0) is 24.5. The molecule has 1 amide bonds. The topological polar surface area (TPSA) is 81.3 Å². The Morgan fingerprint density at radius 1 is 0.943 bits per heavy atom. The zero-order valence-corrected chi connectivity index (χ0v) is 18.7. The first-order valence-corrected chi connectivity index (χ1v) is 11.4. The summed E-state index contributed by atoms with van der Waals surface area (Å²) in [6.07, 6.45) is 0. The minimum Gasteiger partial charge on any atom is -0.323 e. The number of nitrogens with zero attached hydrogens (tertiary/aromatic N) is 4. The molecule has 5 aromatic rings. The van der Waals surface area contributed by atoms with Crippen molar-refractivity contribution < 1.29 is 18.0 Å². The van der Waals surface area contributed by atoms with Gasteiger partial charge in [-0.1, -0.05) is 36.0 Å². The van der Waals surface area contributed by atoms with Crippen LogP contribution >= 0.6 is 11.8 Å².